The largest absolute Gasteiger partial charge is 0.481 e. The molecule has 148 valence electrons. The van der Waals surface area contributed by atoms with Crippen molar-refractivity contribution in [2.45, 2.75) is 38.8 Å². The van der Waals surface area contributed by atoms with Crippen molar-refractivity contribution in [3.8, 4) is 0 Å². The Morgan fingerprint density at radius 3 is 2.39 bits per heavy atom. The molecule has 0 saturated carbocycles. The summed E-state index contributed by atoms with van der Waals surface area (Å²) in [6.07, 6.45) is 0.266. The van der Waals surface area contributed by atoms with Crippen LogP contribution in [0.15, 0.2) is 54.6 Å². The molecule has 0 spiro atoms. The highest BCUT2D eigenvalue weighted by atomic mass is 16.4. The van der Waals surface area contributed by atoms with Crippen LogP contribution in [0.1, 0.15) is 42.6 Å². The van der Waals surface area contributed by atoms with Gasteiger partial charge in [0.05, 0.1) is 0 Å². The molecule has 0 aromatic heterocycles. The summed E-state index contributed by atoms with van der Waals surface area (Å²) in [5.74, 6) is -1.15. The van der Waals surface area contributed by atoms with Crippen molar-refractivity contribution >= 4 is 23.6 Å². The van der Waals surface area contributed by atoms with Crippen LogP contribution in [-0.4, -0.2) is 28.6 Å². The molecule has 7 nitrogen and oxygen atoms in total. The van der Waals surface area contributed by atoms with E-state index in [2.05, 4.69) is 16.0 Å². The molecule has 0 fully saturated rings. The van der Waals surface area contributed by atoms with Crippen LogP contribution in [0.25, 0.3) is 0 Å². The molecule has 0 heterocycles. The molecule has 0 aliphatic rings. The van der Waals surface area contributed by atoms with E-state index in [1.54, 1.807) is 38.1 Å². The number of rotatable bonds is 8. The van der Waals surface area contributed by atoms with E-state index in [1.807, 2.05) is 30.3 Å². The second-order valence-corrected chi connectivity index (χ2v) is 7.11. The molecular formula is C21H25N3O4. The highest BCUT2D eigenvalue weighted by Gasteiger charge is 2.21. The number of benzene rings is 2. The number of carboxylic acids is 1. The maximum Gasteiger partial charge on any atom is 0.319 e. The Morgan fingerprint density at radius 2 is 1.71 bits per heavy atom. The van der Waals surface area contributed by atoms with Crippen molar-refractivity contribution in [2.24, 2.45) is 0 Å². The van der Waals surface area contributed by atoms with E-state index in [4.69, 9.17) is 5.11 Å². The number of carbonyl (C=O) groups excluding carboxylic acids is 2. The van der Waals surface area contributed by atoms with Gasteiger partial charge in [-0.2, -0.15) is 0 Å². The lowest BCUT2D eigenvalue weighted by molar-refractivity contribution is -0.137. The van der Waals surface area contributed by atoms with Gasteiger partial charge >= 0.3 is 12.0 Å². The SMILES string of the molecule is CC(C)(CCC(=O)O)NC(=O)Nc1cccc(C(=O)NCc2ccccc2)c1. The van der Waals surface area contributed by atoms with Gasteiger partial charge in [-0.25, -0.2) is 4.79 Å². The molecule has 0 radical (unpaired) electrons. The van der Waals surface area contributed by atoms with Crippen LogP contribution >= 0.6 is 0 Å². The Kier molecular flexibility index (Phi) is 7.14. The number of carboxylic acid groups (broad SMARTS) is 1. The minimum Gasteiger partial charge on any atom is -0.481 e. The van der Waals surface area contributed by atoms with Crippen LogP contribution in [0.4, 0.5) is 10.5 Å². The lowest BCUT2D eigenvalue weighted by Crippen LogP contribution is -2.45. The summed E-state index contributed by atoms with van der Waals surface area (Å²) >= 11 is 0. The van der Waals surface area contributed by atoms with Crippen LogP contribution in [-0.2, 0) is 11.3 Å². The molecule has 0 unspecified atom stereocenters. The van der Waals surface area contributed by atoms with Crippen LogP contribution in [0.5, 0.6) is 0 Å². The third kappa shape index (κ3) is 7.11. The van der Waals surface area contributed by atoms with Crippen molar-refractivity contribution in [1.82, 2.24) is 10.6 Å². The number of hydrogen-bond acceptors (Lipinski definition) is 3. The van der Waals surface area contributed by atoms with E-state index in [0.29, 0.717) is 24.2 Å². The predicted molar refractivity (Wildman–Crippen MR) is 107 cm³/mol. The van der Waals surface area contributed by atoms with Crippen LogP contribution in [0.2, 0.25) is 0 Å². The van der Waals surface area contributed by atoms with E-state index in [-0.39, 0.29) is 12.3 Å². The van der Waals surface area contributed by atoms with Gasteiger partial charge < -0.3 is 21.1 Å². The van der Waals surface area contributed by atoms with Crippen molar-refractivity contribution in [1.29, 1.82) is 0 Å². The second kappa shape index (κ2) is 9.55. The van der Waals surface area contributed by atoms with Gasteiger partial charge in [-0.3, -0.25) is 9.59 Å². The molecule has 0 saturated heterocycles. The van der Waals surface area contributed by atoms with Gasteiger partial charge in [-0.1, -0.05) is 36.4 Å². The molecule has 3 amide bonds. The van der Waals surface area contributed by atoms with Crippen molar-refractivity contribution in [3.05, 3.63) is 65.7 Å². The first kappa shape index (κ1) is 21.0. The summed E-state index contributed by atoms with van der Waals surface area (Å²) in [6, 6.07) is 15.7. The third-order valence-corrected chi connectivity index (χ3v) is 4.09. The summed E-state index contributed by atoms with van der Waals surface area (Å²) in [7, 11) is 0. The molecule has 7 heteroatoms. The molecule has 2 aromatic rings. The molecule has 0 aliphatic carbocycles. The Hall–Kier alpha value is -3.35. The molecule has 0 aliphatic heterocycles. The number of nitrogens with one attached hydrogen (secondary N) is 3. The van der Waals surface area contributed by atoms with Gasteiger partial charge in [-0.05, 0) is 44.0 Å². The zero-order valence-corrected chi connectivity index (χ0v) is 16.0. The fraction of sp³-hybridized carbons (Fsp3) is 0.286. The quantitative estimate of drug-likeness (QED) is 0.560. The number of anilines is 1. The highest BCUT2D eigenvalue weighted by molar-refractivity contribution is 5.97. The smallest absolute Gasteiger partial charge is 0.319 e. The Morgan fingerprint density at radius 1 is 1.00 bits per heavy atom. The summed E-state index contributed by atoms with van der Waals surface area (Å²) in [5, 5.41) is 17.0. The highest BCUT2D eigenvalue weighted by Crippen LogP contribution is 2.14. The molecule has 28 heavy (non-hydrogen) atoms. The summed E-state index contributed by atoms with van der Waals surface area (Å²) in [5.41, 5.74) is 1.22. The summed E-state index contributed by atoms with van der Waals surface area (Å²) in [4.78, 5) is 35.2. The maximum atomic E-state index is 12.3. The minimum absolute atomic E-state index is 0.0374. The minimum atomic E-state index is -0.913. The summed E-state index contributed by atoms with van der Waals surface area (Å²) in [6.45, 7) is 3.92. The van der Waals surface area contributed by atoms with E-state index in [1.165, 1.54) is 0 Å². The van der Waals surface area contributed by atoms with E-state index >= 15 is 0 Å². The molecule has 2 aromatic carbocycles. The van der Waals surface area contributed by atoms with E-state index in [9.17, 15) is 14.4 Å². The molecule has 2 rings (SSSR count). The average molecular weight is 383 g/mol. The number of aliphatic carboxylic acids is 1. The Balaban J connectivity index is 1.92. The number of carbonyl (C=O) groups is 3. The van der Waals surface area contributed by atoms with Crippen LogP contribution < -0.4 is 16.0 Å². The summed E-state index contributed by atoms with van der Waals surface area (Å²) < 4.78 is 0. The first-order valence-electron chi connectivity index (χ1n) is 8.98. The molecular weight excluding hydrogens is 358 g/mol. The van der Waals surface area contributed by atoms with Gasteiger partial charge in [0.25, 0.3) is 5.91 Å². The van der Waals surface area contributed by atoms with Gasteiger partial charge in [0.1, 0.15) is 0 Å². The topological polar surface area (TPSA) is 108 Å². The maximum absolute atomic E-state index is 12.3. The zero-order chi connectivity index (χ0) is 20.6. The lowest BCUT2D eigenvalue weighted by Gasteiger charge is -2.25. The monoisotopic (exact) mass is 383 g/mol. The number of urea groups is 1. The normalized spacial score (nSPS) is 10.8. The van der Waals surface area contributed by atoms with Crippen molar-refractivity contribution in [2.75, 3.05) is 5.32 Å². The van der Waals surface area contributed by atoms with Gasteiger partial charge in [-0.15, -0.1) is 0 Å². The number of amides is 3. The first-order valence-corrected chi connectivity index (χ1v) is 8.98. The fourth-order valence-corrected chi connectivity index (χ4v) is 2.57. The predicted octanol–water partition coefficient (Wildman–Crippen LogP) is 3.38. The average Bonchev–Trinajstić information content (AvgIpc) is 2.65. The van der Waals surface area contributed by atoms with Gasteiger partial charge in [0.2, 0.25) is 0 Å². The van der Waals surface area contributed by atoms with Gasteiger partial charge in [0.15, 0.2) is 0 Å². The first-order chi connectivity index (χ1) is 13.2. The lowest BCUT2D eigenvalue weighted by atomic mass is 9.99. The second-order valence-electron chi connectivity index (χ2n) is 7.11. The Labute approximate surface area is 164 Å². The molecule has 0 bridgehead atoms. The van der Waals surface area contributed by atoms with Crippen LogP contribution in [0.3, 0.4) is 0 Å². The van der Waals surface area contributed by atoms with E-state index in [0.717, 1.165) is 5.56 Å². The molecule has 4 N–H and O–H groups in total. The van der Waals surface area contributed by atoms with Gasteiger partial charge in [0, 0.05) is 29.8 Å². The van der Waals surface area contributed by atoms with Crippen LogP contribution in [0, 0.1) is 0 Å². The molecule has 0 atom stereocenters. The zero-order valence-electron chi connectivity index (χ0n) is 16.0. The third-order valence-electron chi connectivity index (χ3n) is 4.09. The number of hydrogen-bond donors (Lipinski definition) is 4. The fourth-order valence-electron chi connectivity index (χ4n) is 2.57. The van der Waals surface area contributed by atoms with E-state index < -0.39 is 17.5 Å². The van der Waals surface area contributed by atoms with Crippen molar-refractivity contribution in [3.63, 3.8) is 0 Å². The standard InChI is InChI=1S/C21H25N3O4/c1-21(2,12-11-18(25)26)24-20(28)23-17-10-6-9-16(13-17)19(27)22-14-15-7-4-3-5-8-15/h3-10,13H,11-12,14H2,1-2H3,(H,22,27)(H,25,26)(H2,23,24,28). The Bertz CT molecular complexity index is 835. The van der Waals surface area contributed by atoms with Crippen molar-refractivity contribution < 1.29 is 19.5 Å².